The molecule has 2 fully saturated rings. The molecular formula is C24H38N2O5. The molecule has 174 valence electrons. The summed E-state index contributed by atoms with van der Waals surface area (Å²) in [5.74, 6) is 0.554. The van der Waals surface area contributed by atoms with Gasteiger partial charge < -0.3 is 24.6 Å². The van der Waals surface area contributed by atoms with Crippen LogP contribution in [0.5, 0.6) is 5.75 Å². The monoisotopic (exact) mass is 434 g/mol. The van der Waals surface area contributed by atoms with E-state index in [4.69, 9.17) is 9.47 Å². The number of carbonyl (C=O) groups is 1. The zero-order chi connectivity index (χ0) is 22.5. The number of β-amino-alcohol motifs (C(OH)–C–C–N with tert-alkyl or cyclic N) is 2. The highest BCUT2D eigenvalue weighted by Gasteiger charge is 2.40. The standard InChI is InChI=1S/C24H38N2O5/c1-19-7-8-21(13-20(19)2)31-18-24(29)16-25(15-23(28)9-5-4-6-10-23)11-12-26(17-24)22(27)14-30-3/h7-8,13,28-29H,4-6,9-12,14-18H2,1-3H3. The van der Waals surface area contributed by atoms with Crippen LogP contribution in [-0.4, -0.2) is 90.2 Å². The molecule has 1 aliphatic carbocycles. The van der Waals surface area contributed by atoms with E-state index >= 15 is 0 Å². The fraction of sp³-hybridized carbons (Fsp3) is 0.708. The summed E-state index contributed by atoms with van der Waals surface area (Å²) in [4.78, 5) is 16.3. The molecule has 0 bridgehead atoms. The van der Waals surface area contributed by atoms with E-state index in [0.717, 1.165) is 37.7 Å². The summed E-state index contributed by atoms with van der Waals surface area (Å²) in [6, 6.07) is 5.87. The van der Waals surface area contributed by atoms with Crippen molar-refractivity contribution in [3.8, 4) is 5.75 Å². The van der Waals surface area contributed by atoms with E-state index < -0.39 is 11.2 Å². The average Bonchev–Trinajstić information content (AvgIpc) is 2.88. The highest BCUT2D eigenvalue weighted by atomic mass is 16.5. The molecule has 2 N–H and O–H groups in total. The molecule has 7 nitrogen and oxygen atoms in total. The third-order valence-electron chi connectivity index (χ3n) is 6.60. The summed E-state index contributed by atoms with van der Waals surface area (Å²) < 4.78 is 11.0. The lowest BCUT2D eigenvalue weighted by Gasteiger charge is -2.38. The van der Waals surface area contributed by atoms with Crippen LogP contribution in [0.4, 0.5) is 0 Å². The second-order valence-corrected chi connectivity index (χ2v) is 9.50. The molecule has 1 aliphatic heterocycles. The van der Waals surface area contributed by atoms with E-state index in [9.17, 15) is 15.0 Å². The Labute approximate surface area is 185 Å². The van der Waals surface area contributed by atoms with Gasteiger partial charge in [-0.25, -0.2) is 0 Å². The van der Waals surface area contributed by atoms with Crippen molar-refractivity contribution in [3.05, 3.63) is 29.3 Å². The highest BCUT2D eigenvalue weighted by molar-refractivity contribution is 5.77. The second kappa shape index (κ2) is 10.3. The summed E-state index contributed by atoms with van der Waals surface area (Å²) >= 11 is 0. The average molecular weight is 435 g/mol. The number of hydrogen-bond donors (Lipinski definition) is 2. The van der Waals surface area contributed by atoms with Gasteiger partial charge in [0.05, 0.1) is 12.1 Å². The van der Waals surface area contributed by atoms with Gasteiger partial charge in [0.2, 0.25) is 5.91 Å². The zero-order valence-electron chi connectivity index (χ0n) is 19.2. The van der Waals surface area contributed by atoms with Gasteiger partial charge in [0, 0.05) is 33.3 Å². The Hall–Kier alpha value is -1.67. The molecule has 1 aromatic carbocycles. The first-order valence-electron chi connectivity index (χ1n) is 11.4. The number of methoxy groups -OCH3 is 1. The number of rotatable bonds is 7. The third kappa shape index (κ3) is 6.65. The van der Waals surface area contributed by atoms with Crippen molar-refractivity contribution < 1.29 is 24.5 Å². The number of hydrogen-bond acceptors (Lipinski definition) is 6. The lowest BCUT2D eigenvalue weighted by molar-refractivity contribution is -0.138. The van der Waals surface area contributed by atoms with Crippen molar-refractivity contribution in [3.63, 3.8) is 0 Å². The van der Waals surface area contributed by atoms with Crippen LogP contribution in [0.15, 0.2) is 18.2 Å². The van der Waals surface area contributed by atoms with Crippen molar-refractivity contribution in [2.24, 2.45) is 0 Å². The van der Waals surface area contributed by atoms with Crippen LogP contribution in [0, 0.1) is 13.8 Å². The molecule has 1 heterocycles. The maximum Gasteiger partial charge on any atom is 0.248 e. The fourth-order valence-corrected chi connectivity index (χ4v) is 4.70. The summed E-state index contributed by atoms with van der Waals surface area (Å²) in [5, 5.41) is 22.6. The van der Waals surface area contributed by atoms with E-state index in [1.54, 1.807) is 4.90 Å². The van der Waals surface area contributed by atoms with E-state index in [2.05, 4.69) is 4.90 Å². The van der Waals surface area contributed by atoms with E-state index in [1.165, 1.54) is 12.7 Å². The van der Waals surface area contributed by atoms with Crippen molar-refractivity contribution in [2.45, 2.75) is 57.2 Å². The molecule has 0 aromatic heterocycles. The fourth-order valence-electron chi connectivity index (χ4n) is 4.70. The third-order valence-corrected chi connectivity index (χ3v) is 6.60. The minimum Gasteiger partial charge on any atom is -0.490 e. The van der Waals surface area contributed by atoms with Gasteiger partial charge in [0.1, 0.15) is 24.6 Å². The molecule has 1 saturated carbocycles. The number of nitrogens with zero attached hydrogens (tertiary/aromatic N) is 2. The van der Waals surface area contributed by atoms with E-state index in [1.807, 2.05) is 32.0 Å². The predicted molar refractivity (Wildman–Crippen MR) is 119 cm³/mol. The minimum absolute atomic E-state index is 0.0158. The zero-order valence-corrected chi connectivity index (χ0v) is 19.2. The van der Waals surface area contributed by atoms with Gasteiger partial charge in [0.15, 0.2) is 0 Å². The van der Waals surface area contributed by atoms with Crippen LogP contribution in [0.3, 0.4) is 0 Å². The van der Waals surface area contributed by atoms with Gasteiger partial charge in [0.25, 0.3) is 0 Å². The van der Waals surface area contributed by atoms with Crippen LogP contribution in [0.2, 0.25) is 0 Å². The molecule has 31 heavy (non-hydrogen) atoms. The normalized spacial score (nSPS) is 24.6. The molecule has 0 radical (unpaired) electrons. The van der Waals surface area contributed by atoms with E-state index in [0.29, 0.717) is 31.9 Å². The maximum absolute atomic E-state index is 12.5. The Bertz CT molecular complexity index is 749. The van der Waals surface area contributed by atoms with Crippen LogP contribution < -0.4 is 4.74 Å². The topological polar surface area (TPSA) is 82.5 Å². The molecule has 1 atom stereocenters. The van der Waals surface area contributed by atoms with Crippen LogP contribution in [-0.2, 0) is 9.53 Å². The molecule has 1 aromatic rings. The lowest BCUT2D eigenvalue weighted by atomic mass is 9.84. The summed E-state index contributed by atoms with van der Waals surface area (Å²) in [6.07, 6.45) is 4.79. The summed E-state index contributed by atoms with van der Waals surface area (Å²) in [7, 11) is 1.50. The molecule has 1 saturated heterocycles. The Kier molecular flexibility index (Phi) is 7.97. The van der Waals surface area contributed by atoms with Crippen molar-refractivity contribution in [2.75, 3.05) is 53.0 Å². The smallest absolute Gasteiger partial charge is 0.248 e. The lowest BCUT2D eigenvalue weighted by Crippen LogP contribution is -2.54. The number of aliphatic hydroxyl groups is 2. The SMILES string of the molecule is COCC(=O)N1CCN(CC2(O)CCCCC2)CC(O)(COc2ccc(C)c(C)c2)C1. The van der Waals surface area contributed by atoms with Crippen LogP contribution in [0.25, 0.3) is 0 Å². The van der Waals surface area contributed by atoms with Gasteiger partial charge >= 0.3 is 0 Å². The molecular weight excluding hydrogens is 396 g/mol. The van der Waals surface area contributed by atoms with Crippen molar-refractivity contribution in [1.82, 2.24) is 9.80 Å². The van der Waals surface area contributed by atoms with Gasteiger partial charge in [-0.15, -0.1) is 0 Å². The molecule has 2 aliphatic rings. The number of benzene rings is 1. The number of aryl methyl sites for hydroxylation is 2. The summed E-state index contributed by atoms with van der Waals surface area (Å²) in [5.41, 5.74) is 0.343. The van der Waals surface area contributed by atoms with Gasteiger partial charge in [-0.2, -0.15) is 0 Å². The Morgan fingerprint density at radius 1 is 1.03 bits per heavy atom. The first-order chi connectivity index (χ1) is 14.7. The maximum atomic E-state index is 12.5. The quantitative estimate of drug-likeness (QED) is 0.682. The van der Waals surface area contributed by atoms with Gasteiger partial charge in [-0.05, 0) is 49.9 Å². The minimum atomic E-state index is -1.25. The molecule has 0 spiro atoms. The molecule has 1 unspecified atom stereocenters. The number of ether oxygens (including phenoxy) is 2. The van der Waals surface area contributed by atoms with Gasteiger partial charge in [-0.1, -0.05) is 25.3 Å². The summed E-state index contributed by atoms with van der Waals surface area (Å²) in [6.45, 7) is 6.25. The van der Waals surface area contributed by atoms with Crippen molar-refractivity contribution in [1.29, 1.82) is 0 Å². The molecule has 1 amide bonds. The van der Waals surface area contributed by atoms with E-state index in [-0.39, 0.29) is 25.7 Å². The Morgan fingerprint density at radius 2 is 1.77 bits per heavy atom. The Balaban J connectivity index is 1.73. The van der Waals surface area contributed by atoms with Gasteiger partial charge in [-0.3, -0.25) is 9.69 Å². The number of amides is 1. The molecule has 3 rings (SSSR count). The Morgan fingerprint density at radius 3 is 2.45 bits per heavy atom. The molecule has 7 heteroatoms. The predicted octanol–water partition coefficient (Wildman–Crippen LogP) is 1.90. The van der Waals surface area contributed by atoms with Crippen LogP contribution >= 0.6 is 0 Å². The first kappa shape index (κ1) is 24.0. The first-order valence-corrected chi connectivity index (χ1v) is 11.4. The highest BCUT2D eigenvalue weighted by Crippen LogP contribution is 2.30. The second-order valence-electron chi connectivity index (χ2n) is 9.50. The number of carbonyl (C=O) groups excluding carboxylic acids is 1. The largest absolute Gasteiger partial charge is 0.490 e. The van der Waals surface area contributed by atoms with Crippen molar-refractivity contribution >= 4 is 5.91 Å². The van der Waals surface area contributed by atoms with Crippen LogP contribution in [0.1, 0.15) is 43.2 Å².